The Balaban J connectivity index is 2.30. The monoisotopic (exact) mass is 182 g/mol. The zero-order valence-corrected chi connectivity index (χ0v) is 9.14. The summed E-state index contributed by atoms with van der Waals surface area (Å²) in [6.45, 7) is 7.97. The largest absolute Gasteiger partial charge is 0.314 e. The Hall–Kier alpha value is -0.340. The van der Waals surface area contributed by atoms with Crippen molar-refractivity contribution in [3.63, 3.8) is 0 Å². The molecule has 0 aromatic carbocycles. The highest BCUT2D eigenvalue weighted by molar-refractivity contribution is 4.90. The molecule has 0 amide bonds. The van der Waals surface area contributed by atoms with Gasteiger partial charge in [0.1, 0.15) is 0 Å². The number of allylic oxidation sites excluding steroid dienone is 1. The van der Waals surface area contributed by atoms with E-state index < -0.39 is 0 Å². The highest BCUT2D eigenvalue weighted by Gasteiger charge is 2.27. The van der Waals surface area contributed by atoms with Crippen molar-refractivity contribution in [1.29, 1.82) is 0 Å². The van der Waals surface area contributed by atoms with Crippen LogP contribution in [-0.2, 0) is 0 Å². The highest BCUT2D eigenvalue weighted by atomic mass is 15.1. The van der Waals surface area contributed by atoms with Crippen LogP contribution in [0.5, 0.6) is 0 Å². The molecule has 0 radical (unpaired) electrons. The first-order chi connectivity index (χ1) is 6.20. The van der Waals surface area contributed by atoms with Crippen LogP contribution in [0.2, 0.25) is 0 Å². The van der Waals surface area contributed by atoms with E-state index in [0.717, 1.165) is 6.54 Å². The minimum Gasteiger partial charge on any atom is -0.314 e. The highest BCUT2D eigenvalue weighted by Crippen LogP contribution is 2.20. The van der Waals surface area contributed by atoms with E-state index in [4.69, 9.17) is 0 Å². The molecule has 0 unspecified atom stereocenters. The molecule has 1 aliphatic rings. The van der Waals surface area contributed by atoms with Crippen LogP contribution in [0.4, 0.5) is 0 Å². The van der Waals surface area contributed by atoms with Gasteiger partial charge in [0.05, 0.1) is 0 Å². The molecule has 2 nitrogen and oxygen atoms in total. The van der Waals surface area contributed by atoms with Crippen molar-refractivity contribution < 1.29 is 0 Å². The Morgan fingerprint density at radius 3 is 2.46 bits per heavy atom. The molecule has 1 aliphatic heterocycles. The third-order valence-corrected chi connectivity index (χ3v) is 3.16. The lowest BCUT2D eigenvalue weighted by atomic mass is 9.90. The van der Waals surface area contributed by atoms with Crippen LogP contribution in [0.15, 0.2) is 12.2 Å². The molecule has 0 aromatic heterocycles. The molecule has 2 heteroatoms. The smallest absolute Gasteiger partial charge is 0.0174 e. The molecule has 13 heavy (non-hydrogen) atoms. The maximum absolute atomic E-state index is 3.41. The van der Waals surface area contributed by atoms with Crippen LogP contribution >= 0.6 is 0 Å². The summed E-state index contributed by atoms with van der Waals surface area (Å²) in [6.07, 6.45) is 6.90. The van der Waals surface area contributed by atoms with E-state index in [0.29, 0.717) is 5.54 Å². The molecule has 0 aliphatic carbocycles. The van der Waals surface area contributed by atoms with Gasteiger partial charge in [-0.15, -0.1) is 0 Å². The van der Waals surface area contributed by atoms with Gasteiger partial charge < -0.3 is 5.32 Å². The Morgan fingerprint density at radius 1 is 1.38 bits per heavy atom. The topological polar surface area (TPSA) is 15.3 Å². The Morgan fingerprint density at radius 2 is 2.00 bits per heavy atom. The first-order valence-electron chi connectivity index (χ1n) is 5.22. The molecule has 76 valence electrons. The van der Waals surface area contributed by atoms with E-state index in [1.54, 1.807) is 0 Å². The number of nitrogens with one attached hydrogen (secondary N) is 1. The first kappa shape index (κ1) is 10.7. The quantitative estimate of drug-likeness (QED) is 0.667. The lowest BCUT2D eigenvalue weighted by Crippen LogP contribution is -2.49. The number of piperidine rings is 1. The number of likely N-dealkylation sites (tertiary alicyclic amines) is 1. The fraction of sp³-hybridized carbons (Fsp3) is 0.818. The number of hydrogen-bond acceptors (Lipinski definition) is 2. The van der Waals surface area contributed by atoms with Crippen LogP contribution in [0.1, 0.15) is 26.7 Å². The van der Waals surface area contributed by atoms with Crippen molar-refractivity contribution in [1.82, 2.24) is 10.2 Å². The van der Waals surface area contributed by atoms with Gasteiger partial charge in [0.25, 0.3) is 0 Å². The van der Waals surface area contributed by atoms with Gasteiger partial charge in [0.15, 0.2) is 0 Å². The third-order valence-electron chi connectivity index (χ3n) is 3.16. The van der Waals surface area contributed by atoms with Crippen molar-refractivity contribution in [2.24, 2.45) is 0 Å². The summed E-state index contributed by atoms with van der Waals surface area (Å²) in [4.78, 5) is 2.51. The third kappa shape index (κ3) is 3.12. The van der Waals surface area contributed by atoms with Crippen molar-refractivity contribution in [2.75, 3.05) is 26.7 Å². The average molecular weight is 182 g/mol. The van der Waals surface area contributed by atoms with Crippen LogP contribution in [0.25, 0.3) is 0 Å². The maximum atomic E-state index is 3.41. The maximum Gasteiger partial charge on any atom is 0.0174 e. The summed E-state index contributed by atoms with van der Waals surface area (Å²) >= 11 is 0. The zero-order chi connectivity index (χ0) is 9.73. The predicted octanol–water partition coefficient (Wildman–Crippen LogP) is 1.64. The number of hydrogen-bond donors (Lipinski definition) is 1. The van der Waals surface area contributed by atoms with Gasteiger partial charge in [-0.05, 0) is 33.7 Å². The summed E-state index contributed by atoms with van der Waals surface area (Å²) in [6, 6.07) is 0. The normalized spacial score (nSPS) is 23.9. The van der Waals surface area contributed by atoms with Crippen molar-refractivity contribution >= 4 is 0 Å². The van der Waals surface area contributed by atoms with Gasteiger partial charge in [-0.2, -0.15) is 0 Å². The summed E-state index contributed by atoms with van der Waals surface area (Å²) in [5.41, 5.74) is 0.381. The van der Waals surface area contributed by atoms with Crippen molar-refractivity contribution in [3.8, 4) is 0 Å². The second kappa shape index (κ2) is 4.77. The Bertz CT molecular complexity index is 167. The van der Waals surface area contributed by atoms with Crippen LogP contribution < -0.4 is 5.32 Å². The second-order valence-electron chi connectivity index (χ2n) is 4.18. The summed E-state index contributed by atoms with van der Waals surface area (Å²) in [7, 11) is 2.07. The van der Waals surface area contributed by atoms with Crippen LogP contribution in [0.3, 0.4) is 0 Å². The van der Waals surface area contributed by atoms with Crippen molar-refractivity contribution in [2.45, 2.75) is 32.2 Å². The van der Waals surface area contributed by atoms with Gasteiger partial charge in [-0.25, -0.2) is 0 Å². The molecule has 0 spiro atoms. The van der Waals surface area contributed by atoms with E-state index in [9.17, 15) is 0 Å². The fourth-order valence-electron chi connectivity index (χ4n) is 1.73. The predicted molar refractivity (Wildman–Crippen MR) is 58.0 cm³/mol. The van der Waals surface area contributed by atoms with E-state index in [2.05, 4.69) is 43.3 Å². The molecule has 1 heterocycles. The van der Waals surface area contributed by atoms with Crippen LogP contribution in [-0.4, -0.2) is 37.1 Å². The van der Waals surface area contributed by atoms with E-state index in [1.807, 2.05) is 0 Å². The lowest BCUT2D eigenvalue weighted by molar-refractivity contribution is 0.164. The van der Waals surface area contributed by atoms with Crippen LogP contribution in [0, 0.1) is 0 Å². The minimum atomic E-state index is 0.381. The molecule has 1 N–H and O–H groups in total. The zero-order valence-electron chi connectivity index (χ0n) is 9.14. The van der Waals surface area contributed by atoms with E-state index in [1.165, 1.54) is 25.9 Å². The van der Waals surface area contributed by atoms with Gasteiger partial charge in [-0.3, -0.25) is 4.90 Å². The van der Waals surface area contributed by atoms with E-state index in [-0.39, 0.29) is 0 Å². The SMILES string of the molecule is C/C=C/CN1CCC(C)(NC)CC1. The Kier molecular flexibility index (Phi) is 3.94. The second-order valence-corrected chi connectivity index (χ2v) is 4.18. The molecular weight excluding hydrogens is 160 g/mol. The molecule has 0 aromatic rings. The number of nitrogens with zero attached hydrogens (tertiary/aromatic N) is 1. The van der Waals surface area contributed by atoms with Crippen molar-refractivity contribution in [3.05, 3.63) is 12.2 Å². The lowest BCUT2D eigenvalue weighted by Gasteiger charge is -2.38. The molecular formula is C11H22N2. The summed E-state index contributed by atoms with van der Waals surface area (Å²) in [5, 5.41) is 3.41. The Labute approximate surface area is 82.0 Å². The van der Waals surface area contributed by atoms with E-state index >= 15 is 0 Å². The average Bonchev–Trinajstić information content (AvgIpc) is 2.17. The fourth-order valence-corrected chi connectivity index (χ4v) is 1.73. The molecule has 1 fully saturated rings. The molecule has 0 bridgehead atoms. The van der Waals surface area contributed by atoms with Gasteiger partial charge in [0.2, 0.25) is 0 Å². The number of rotatable bonds is 3. The van der Waals surface area contributed by atoms with Gasteiger partial charge in [0, 0.05) is 25.2 Å². The molecule has 0 atom stereocenters. The molecule has 1 saturated heterocycles. The molecule has 0 saturated carbocycles. The summed E-state index contributed by atoms with van der Waals surface area (Å²) < 4.78 is 0. The molecule has 1 rings (SSSR count). The standard InChI is InChI=1S/C11H22N2/c1-4-5-8-13-9-6-11(2,12-3)7-10-13/h4-5,12H,6-10H2,1-3H3/b5-4+. The van der Waals surface area contributed by atoms with Gasteiger partial charge in [-0.1, -0.05) is 12.2 Å². The van der Waals surface area contributed by atoms with Gasteiger partial charge >= 0.3 is 0 Å². The minimum absolute atomic E-state index is 0.381. The first-order valence-corrected chi connectivity index (χ1v) is 5.22. The summed E-state index contributed by atoms with van der Waals surface area (Å²) in [5.74, 6) is 0.